The van der Waals surface area contributed by atoms with Gasteiger partial charge in [-0.15, -0.1) is 11.3 Å². The molecule has 1 heterocycles. The summed E-state index contributed by atoms with van der Waals surface area (Å²) in [4.78, 5) is 14.7. The van der Waals surface area contributed by atoms with Crippen molar-refractivity contribution in [3.05, 3.63) is 57.8 Å². The Morgan fingerprint density at radius 2 is 1.91 bits per heavy atom. The maximum Gasteiger partial charge on any atom is 0.416 e. The van der Waals surface area contributed by atoms with Gasteiger partial charge in [-0.25, -0.2) is 0 Å². The molecule has 0 unspecified atom stereocenters. The molecule has 1 amide bonds. The van der Waals surface area contributed by atoms with E-state index in [1.165, 1.54) is 21.9 Å². The van der Waals surface area contributed by atoms with E-state index in [-0.39, 0.29) is 18.0 Å². The summed E-state index contributed by atoms with van der Waals surface area (Å²) in [7, 11) is 1.54. The van der Waals surface area contributed by atoms with Crippen molar-refractivity contribution in [1.82, 2.24) is 4.90 Å². The molecule has 124 valence electrons. The molecule has 0 saturated carbocycles. The van der Waals surface area contributed by atoms with E-state index < -0.39 is 11.7 Å². The van der Waals surface area contributed by atoms with Crippen LogP contribution in [0.25, 0.3) is 0 Å². The van der Waals surface area contributed by atoms with E-state index in [1.54, 1.807) is 24.5 Å². The molecule has 0 N–H and O–H groups in total. The average molecular weight is 341 g/mol. The van der Waals surface area contributed by atoms with Crippen LogP contribution in [0.4, 0.5) is 13.2 Å². The molecule has 6 heteroatoms. The Bertz CT molecular complexity index is 638. The minimum absolute atomic E-state index is 0.0342. The second kappa shape index (κ2) is 7.64. The first kappa shape index (κ1) is 17.5. The molecule has 0 radical (unpaired) electrons. The third-order valence-corrected chi connectivity index (χ3v) is 4.49. The Morgan fingerprint density at radius 1 is 1.17 bits per heavy atom. The molecular formula is C17H18F3NOS. The maximum absolute atomic E-state index is 13.0. The fraction of sp³-hybridized carbons (Fsp3) is 0.353. The third-order valence-electron chi connectivity index (χ3n) is 3.55. The van der Waals surface area contributed by atoms with E-state index >= 15 is 0 Å². The number of rotatable bonds is 6. The molecule has 0 saturated heterocycles. The summed E-state index contributed by atoms with van der Waals surface area (Å²) in [5.41, 5.74) is -0.563. The van der Waals surface area contributed by atoms with Crippen LogP contribution < -0.4 is 0 Å². The third kappa shape index (κ3) is 5.10. The Labute approximate surface area is 137 Å². The lowest BCUT2D eigenvalue weighted by Crippen LogP contribution is -2.27. The van der Waals surface area contributed by atoms with E-state index in [2.05, 4.69) is 0 Å². The standard InChI is InChI=1S/C17H18F3NOS/c1-21(16(22)10-4-7-14-8-5-11-23-14)12-13-6-2-3-9-15(13)17(18,19)20/h2-3,5-6,8-9,11H,4,7,10,12H2,1H3. The van der Waals surface area contributed by atoms with Crippen LogP contribution in [0, 0.1) is 0 Å². The Hall–Kier alpha value is -1.82. The number of hydrogen-bond acceptors (Lipinski definition) is 2. The highest BCUT2D eigenvalue weighted by Gasteiger charge is 2.33. The van der Waals surface area contributed by atoms with Crippen molar-refractivity contribution in [3.63, 3.8) is 0 Å². The van der Waals surface area contributed by atoms with Gasteiger partial charge in [0.25, 0.3) is 0 Å². The highest BCUT2D eigenvalue weighted by molar-refractivity contribution is 7.09. The van der Waals surface area contributed by atoms with Crippen LogP contribution in [-0.4, -0.2) is 17.9 Å². The van der Waals surface area contributed by atoms with Gasteiger partial charge in [-0.3, -0.25) is 4.79 Å². The predicted octanol–water partition coefficient (Wildman–Crippen LogP) is 4.75. The molecular weight excluding hydrogens is 323 g/mol. The van der Waals surface area contributed by atoms with Gasteiger partial charge in [-0.1, -0.05) is 24.3 Å². The lowest BCUT2D eigenvalue weighted by Gasteiger charge is -2.20. The van der Waals surface area contributed by atoms with Crippen LogP contribution >= 0.6 is 11.3 Å². The molecule has 0 fully saturated rings. The number of hydrogen-bond donors (Lipinski definition) is 0. The summed E-state index contributed by atoms with van der Waals surface area (Å²) >= 11 is 1.64. The molecule has 2 rings (SSSR count). The van der Waals surface area contributed by atoms with Crippen LogP contribution in [0.5, 0.6) is 0 Å². The van der Waals surface area contributed by atoms with Crippen molar-refractivity contribution in [2.75, 3.05) is 7.05 Å². The zero-order valence-corrected chi connectivity index (χ0v) is 13.6. The highest BCUT2D eigenvalue weighted by atomic mass is 32.1. The number of halogens is 3. The summed E-state index contributed by atoms with van der Waals surface area (Å²) < 4.78 is 38.9. The molecule has 0 aliphatic carbocycles. The first-order valence-electron chi connectivity index (χ1n) is 7.29. The number of carbonyl (C=O) groups excluding carboxylic acids is 1. The van der Waals surface area contributed by atoms with Gasteiger partial charge in [-0.05, 0) is 35.9 Å². The minimum atomic E-state index is -4.40. The molecule has 0 bridgehead atoms. The van der Waals surface area contributed by atoms with Crippen molar-refractivity contribution < 1.29 is 18.0 Å². The summed E-state index contributed by atoms with van der Waals surface area (Å²) in [5.74, 6) is -0.140. The van der Waals surface area contributed by atoms with Crippen molar-refractivity contribution in [1.29, 1.82) is 0 Å². The summed E-state index contributed by atoms with van der Waals surface area (Å²) in [6.07, 6.45) is -2.55. The molecule has 0 spiro atoms. The molecule has 0 aliphatic heterocycles. The van der Waals surface area contributed by atoms with E-state index in [9.17, 15) is 18.0 Å². The van der Waals surface area contributed by atoms with Crippen LogP contribution in [0.1, 0.15) is 28.8 Å². The van der Waals surface area contributed by atoms with Gasteiger partial charge >= 0.3 is 6.18 Å². The number of benzene rings is 1. The summed E-state index contributed by atoms with van der Waals surface area (Å²) in [5, 5.41) is 1.98. The Balaban J connectivity index is 1.91. The Kier molecular flexibility index (Phi) is 5.82. The predicted molar refractivity (Wildman–Crippen MR) is 85.2 cm³/mol. The lowest BCUT2D eigenvalue weighted by molar-refractivity contribution is -0.139. The van der Waals surface area contributed by atoms with E-state index in [0.29, 0.717) is 12.8 Å². The van der Waals surface area contributed by atoms with Gasteiger partial charge in [0.1, 0.15) is 0 Å². The van der Waals surface area contributed by atoms with Crippen LogP contribution in [0.3, 0.4) is 0 Å². The molecule has 0 atom stereocenters. The normalized spacial score (nSPS) is 11.5. The molecule has 0 aliphatic rings. The first-order chi connectivity index (χ1) is 10.9. The van der Waals surface area contributed by atoms with E-state index in [0.717, 1.165) is 12.5 Å². The van der Waals surface area contributed by atoms with Gasteiger partial charge in [-0.2, -0.15) is 13.2 Å². The highest BCUT2D eigenvalue weighted by Crippen LogP contribution is 2.32. The number of aryl methyl sites for hydroxylation is 1. The number of thiophene rings is 1. The second-order valence-corrected chi connectivity index (χ2v) is 6.37. The van der Waals surface area contributed by atoms with Gasteiger partial charge in [0, 0.05) is 24.9 Å². The van der Waals surface area contributed by atoms with Crippen molar-refractivity contribution in [3.8, 4) is 0 Å². The maximum atomic E-state index is 13.0. The summed E-state index contributed by atoms with van der Waals surface area (Å²) in [6, 6.07) is 9.35. The van der Waals surface area contributed by atoms with Crippen molar-refractivity contribution >= 4 is 17.2 Å². The number of carbonyl (C=O) groups is 1. The SMILES string of the molecule is CN(Cc1ccccc1C(F)(F)F)C(=O)CCCc1cccs1. The molecule has 2 aromatic rings. The molecule has 1 aromatic heterocycles. The Morgan fingerprint density at radius 3 is 2.57 bits per heavy atom. The fourth-order valence-electron chi connectivity index (χ4n) is 2.34. The summed E-state index contributed by atoms with van der Waals surface area (Å²) in [6.45, 7) is -0.0342. The van der Waals surface area contributed by atoms with Gasteiger partial charge in [0.15, 0.2) is 0 Å². The first-order valence-corrected chi connectivity index (χ1v) is 8.17. The number of alkyl halides is 3. The minimum Gasteiger partial charge on any atom is -0.341 e. The average Bonchev–Trinajstić information content (AvgIpc) is 3.00. The second-order valence-electron chi connectivity index (χ2n) is 5.34. The van der Waals surface area contributed by atoms with Gasteiger partial charge in [0.05, 0.1) is 5.56 Å². The van der Waals surface area contributed by atoms with E-state index in [1.807, 2.05) is 17.5 Å². The monoisotopic (exact) mass is 341 g/mol. The smallest absolute Gasteiger partial charge is 0.341 e. The molecule has 23 heavy (non-hydrogen) atoms. The molecule has 1 aromatic carbocycles. The molecule has 2 nitrogen and oxygen atoms in total. The number of amides is 1. The lowest BCUT2D eigenvalue weighted by atomic mass is 10.1. The van der Waals surface area contributed by atoms with Crippen LogP contribution in [0.2, 0.25) is 0 Å². The zero-order chi connectivity index (χ0) is 16.9. The van der Waals surface area contributed by atoms with E-state index in [4.69, 9.17) is 0 Å². The van der Waals surface area contributed by atoms with Gasteiger partial charge < -0.3 is 4.90 Å². The fourth-order valence-corrected chi connectivity index (χ4v) is 3.09. The van der Waals surface area contributed by atoms with Gasteiger partial charge in [0.2, 0.25) is 5.91 Å². The van der Waals surface area contributed by atoms with Crippen LogP contribution in [-0.2, 0) is 23.9 Å². The van der Waals surface area contributed by atoms with Crippen molar-refractivity contribution in [2.45, 2.75) is 32.0 Å². The number of nitrogens with zero attached hydrogens (tertiary/aromatic N) is 1. The topological polar surface area (TPSA) is 20.3 Å². The largest absolute Gasteiger partial charge is 0.416 e. The zero-order valence-electron chi connectivity index (χ0n) is 12.8. The van der Waals surface area contributed by atoms with Crippen LogP contribution in [0.15, 0.2) is 41.8 Å². The quantitative estimate of drug-likeness (QED) is 0.742. The van der Waals surface area contributed by atoms with Crippen molar-refractivity contribution in [2.24, 2.45) is 0 Å².